The molecule has 1 nitrogen and oxygen atoms in total. The molecule has 0 spiro atoms. The SMILES string of the molecule is CC(NC(C)(C)C)c1cc(F)cc(F)c1. The van der Waals surface area contributed by atoms with E-state index in [-0.39, 0.29) is 11.6 Å². The molecule has 0 aliphatic heterocycles. The molecule has 1 aromatic carbocycles. The van der Waals surface area contributed by atoms with E-state index in [9.17, 15) is 8.78 Å². The van der Waals surface area contributed by atoms with Crippen LogP contribution in [0.15, 0.2) is 18.2 Å². The second kappa shape index (κ2) is 4.27. The van der Waals surface area contributed by atoms with Crippen molar-refractivity contribution in [3.8, 4) is 0 Å². The summed E-state index contributed by atoms with van der Waals surface area (Å²) in [7, 11) is 0. The third kappa shape index (κ3) is 3.96. The van der Waals surface area contributed by atoms with Gasteiger partial charge in [-0.05, 0) is 45.4 Å². The molecule has 15 heavy (non-hydrogen) atoms. The molecule has 1 atom stereocenters. The Morgan fingerprint density at radius 3 is 1.93 bits per heavy atom. The van der Waals surface area contributed by atoms with Crippen LogP contribution in [0.2, 0.25) is 0 Å². The first kappa shape index (κ1) is 12.1. The van der Waals surface area contributed by atoms with Crippen molar-refractivity contribution >= 4 is 0 Å². The quantitative estimate of drug-likeness (QED) is 0.793. The highest BCUT2D eigenvalue weighted by atomic mass is 19.1. The predicted molar refractivity (Wildman–Crippen MR) is 57.7 cm³/mol. The van der Waals surface area contributed by atoms with Gasteiger partial charge in [-0.2, -0.15) is 0 Å². The zero-order valence-electron chi connectivity index (χ0n) is 9.57. The maximum absolute atomic E-state index is 13.0. The minimum absolute atomic E-state index is 0.0739. The molecule has 1 N–H and O–H groups in total. The number of rotatable bonds is 2. The molecule has 0 saturated carbocycles. The van der Waals surface area contributed by atoms with Crippen LogP contribution in [0.3, 0.4) is 0 Å². The summed E-state index contributed by atoms with van der Waals surface area (Å²) in [4.78, 5) is 0. The fraction of sp³-hybridized carbons (Fsp3) is 0.500. The first-order chi connectivity index (χ1) is 6.78. The fourth-order valence-corrected chi connectivity index (χ4v) is 1.56. The Hall–Kier alpha value is -0.960. The van der Waals surface area contributed by atoms with Crippen molar-refractivity contribution < 1.29 is 8.78 Å². The average molecular weight is 213 g/mol. The molecule has 0 aromatic heterocycles. The van der Waals surface area contributed by atoms with Crippen molar-refractivity contribution in [1.82, 2.24) is 5.32 Å². The molecule has 3 heteroatoms. The van der Waals surface area contributed by atoms with Crippen molar-refractivity contribution in [3.05, 3.63) is 35.4 Å². The highest BCUT2D eigenvalue weighted by molar-refractivity contribution is 5.21. The molecule has 0 aliphatic carbocycles. The molecule has 0 radical (unpaired) electrons. The largest absolute Gasteiger partial charge is 0.306 e. The van der Waals surface area contributed by atoms with Crippen molar-refractivity contribution in [2.24, 2.45) is 0 Å². The summed E-state index contributed by atoms with van der Waals surface area (Å²) in [5.41, 5.74) is 0.546. The zero-order valence-corrected chi connectivity index (χ0v) is 9.57. The Morgan fingerprint density at radius 1 is 1.07 bits per heavy atom. The first-order valence-electron chi connectivity index (χ1n) is 5.01. The van der Waals surface area contributed by atoms with Crippen LogP contribution in [-0.2, 0) is 0 Å². The number of nitrogens with one attached hydrogen (secondary N) is 1. The predicted octanol–water partition coefficient (Wildman–Crippen LogP) is 3.41. The minimum atomic E-state index is -0.535. The molecular weight excluding hydrogens is 196 g/mol. The average Bonchev–Trinajstić information content (AvgIpc) is 1.98. The van der Waals surface area contributed by atoms with Gasteiger partial charge in [-0.1, -0.05) is 0 Å². The molecule has 0 heterocycles. The Labute approximate surface area is 89.5 Å². The van der Waals surface area contributed by atoms with E-state index in [1.807, 2.05) is 27.7 Å². The van der Waals surface area contributed by atoms with Crippen LogP contribution in [0, 0.1) is 11.6 Å². The van der Waals surface area contributed by atoms with Crippen molar-refractivity contribution in [2.75, 3.05) is 0 Å². The number of hydrogen-bond acceptors (Lipinski definition) is 1. The minimum Gasteiger partial charge on any atom is -0.306 e. The Morgan fingerprint density at radius 2 is 1.53 bits per heavy atom. The molecule has 0 saturated heterocycles. The summed E-state index contributed by atoms with van der Waals surface area (Å²) in [5.74, 6) is -1.07. The van der Waals surface area contributed by atoms with E-state index in [0.29, 0.717) is 5.56 Å². The van der Waals surface area contributed by atoms with E-state index in [0.717, 1.165) is 6.07 Å². The van der Waals surface area contributed by atoms with E-state index >= 15 is 0 Å². The summed E-state index contributed by atoms with van der Waals surface area (Å²) in [6, 6.07) is 3.52. The summed E-state index contributed by atoms with van der Waals surface area (Å²) >= 11 is 0. The smallest absolute Gasteiger partial charge is 0.126 e. The maximum atomic E-state index is 13.0. The first-order valence-corrected chi connectivity index (χ1v) is 5.01. The second-order valence-corrected chi connectivity index (χ2v) is 4.82. The Bertz CT molecular complexity index is 322. The topological polar surface area (TPSA) is 12.0 Å². The molecule has 0 amide bonds. The van der Waals surface area contributed by atoms with E-state index in [4.69, 9.17) is 0 Å². The molecule has 0 fully saturated rings. The number of halogens is 2. The Balaban J connectivity index is 2.86. The van der Waals surface area contributed by atoms with Gasteiger partial charge in [-0.3, -0.25) is 0 Å². The molecule has 0 aliphatic rings. The van der Waals surface area contributed by atoms with Gasteiger partial charge in [-0.25, -0.2) is 8.78 Å². The van der Waals surface area contributed by atoms with Gasteiger partial charge in [0.25, 0.3) is 0 Å². The standard InChI is InChI=1S/C12H17F2N/c1-8(15-12(2,3)4)9-5-10(13)7-11(14)6-9/h5-8,15H,1-4H3. The highest BCUT2D eigenvalue weighted by Crippen LogP contribution is 2.18. The van der Waals surface area contributed by atoms with Gasteiger partial charge in [0.2, 0.25) is 0 Å². The normalized spacial score (nSPS) is 14.0. The number of hydrogen-bond donors (Lipinski definition) is 1. The lowest BCUT2D eigenvalue weighted by Gasteiger charge is -2.26. The molecule has 84 valence electrons. The van der Waals surface area contributed by atoms with E-state index in [1.54, 1.807) is 0 Å². The molecule has 0 bridgehead atoms. The lowest BCUT2D eigenvalue weighted by atomic mass is 10.0. The zero-order chi connectivity index (χ0) is 11.6. The number of benzene rings is 1. The third-order valence-corrected chi connectivity index (χ3v) is 2.03. The molecule has 1 rings (SSSR count). The lowest BCUT2D eigenvalue weighted by Crippen LogP contribution is -2.37. The van der Waals surface area contributed by atoms with Crippen molar-refractivity contribution in [2.45, 2.75) is 39.3 Å². The summed E-state index contributed by atoms with van der Waals surface area (Å²) in [6.45, 7) is 7.93. The second-order valence-electron chi connectivity index (χ2n) is 4.82. The third-order valence-electron chi connectivity index (χ3n) is 2.03. The van der Waals surface area contributed by atoms with Gasteiger partial charge < -0.3 is 5.32 Å². The van der Waals surface area contributed by atoms with E-state index < -0.39 is 11.6 Å². The van der Waals surface area contributed by atoms with Gasteiger partial charge in [0.15, 0.2) is 0 Å². The van der Waals surface area contributed by atoms with E-state index in [2.05, 4.69) is 5.32 Å². The van der Waals surface area contributed by atoms with Crippen molar-refractivity contribution in [3.63, 3.8) is 0 Å². The van der Waals surface area contributed by atoms with Crippen molar-refractivity contribution in [1.29, 1.82) is 0 Å². The summed E-state index contributed by atoms with van der Waals surface area (Å²) in [6.07, 6.45) is 0. The Kier molecular flexibility index (Phi) is 3.45. The highest BCUT2D eigenvalue weighted by Gasteiger charge is 2.15. The van der Waals surface area contributed by atoms with Gasteiger partial charge in [0.05, 0.1) is 0 Å². The lowest BCUT2D eigenvalue weighted by molar-refractivity contribution is 0.376. The molecule has 1 unspecified atom stereocenters. The molecule has 1 aromatic rings. The van der Waals surface area contributed by atoms with Crippen LogP contribution in [0.25, 0.3) is 0 Å². The van der Waals surface area contributed by atoms with Crippen LogP contribution in [0.1, 0.15) is 39.3 Å². The van der Waals surface area contributed by atoms with Gasteiger partial charge in [0, 0.05) is 17.6 Å². The van der Waals surface area contributed by atoms with Crippen LogP contribution >= 0.6 is 0 Å². The van der Waals surface area contributed by atoms with Gasteiger partial charge in [0.1, 0.15) is 11.6 Å². The van der Waals surface area contributed by atoms with Crippen LogP contribution < -0.4 is 5.32 Å². The van der Waals surface area contributed by atoms with E-state index in [1.165, 1.54) is 12.1 Å². The maximum Gasteiger partial charge on any atom is 0.126 e. The van der Waals surface area contributed by atoms with Gasteiger partial charge in [-0.15, -0.1) is 0 Å². The molecular formula is C12H17F2N. The summed E-state index contributed by atoms with van der Waals surface area (Å²) < 4.78 is 25.9. The van der Waals surface area contributed by atoms with Crippen LogP contribution in [0.5, 0.6) is 0 Å². The fourth-order valence-electron chi connectivity index (χ4n) is 1.56. The van der Waals surface area contributed by atoms with Crippen LogP contribution in [0.4, 0.5) is 8.78 Å². The van der Waals surface area contributed by atoms with Crippen LogP contribution in [-0.4, -0.2) is 5.54 Å². The van der Waals surface area contributed by atoms with Gasteiger partial charge >= 0.3 is 0 Å². The monoisotopic (exact) mass is 213 g/mol. The summed E-state index contributed by atoms with van der Waals surface area (Å²) in [5, 5.41) is 3.26.